The summed E-state index contributed by atoms with van der Waals surface area (Å²) in [6, 6.07) is 5.21. The normalized spacial score (nSPS) is 25.0. The van der Waals surface area contributed by atoms with Crippen LogP contribution in [-0.2, 0) is 9.53 Å². The number of carbonyl (C=O) groups is 1. The number of aromatic amines is 1. The molecule has 1 aliphatic carbocycles. The quantitative estimate of drug-likeness (QED) is 0.877. The molecule has 1 unspecified atom stereocenters. The first kappa shape index (κ1) is 18.8. The van der Waals surface area contributed by atoms with E-state index in [2.05, 4.69) is 15.0 Å². The van der Waals surface area contributed by atoms with Gasteiger partial charge in [0.15, 0.2) is 0 Å². The number of aromatic nitrogens is 3. The number of hydrogen-bond donors (Lipinski definition) is 1. The van der Waals surface area contributed by atoms with Crippen LogP contribution in [0, 0.1) is 5.92 Å². The fraction of sp³-hybridized carbons (Fsp3) is 0.524. The van der Waals surface area contributed by atoms with E-state index in [0.29, 0.717) is 30.7 Å². The van der Waals surface area contributed by atoms with Crippen LogP contribution in [0.2, 0.25) is 0 Å². The Labute approximate surface area is 164 Å². The molecule has 1 amide bonds. The highest BCUT2D eigenvalue weighted by molar-refractivity contribution is 5.79. The number of rotatable bonds is 4. The Bertz CT molecular complexity index is 875. The van der Waals surface area contributed by atoms with Gasteiger partial charge in [-0.25, -0.2) is 4.98 Å². The number of hydrogen-bond acceptors (Lipinski definition) is 5. The Morgan fingerprint density at radius 1 is 1.25 bits per heavy atom. The van der Waals surface area contributed by atoms with E-state index < -0.39 is 0 Å². The Morgan fingerprint density at radius 2 is 2.07 bits per heavy atom. The van der Waals surface area contributed by atoms with Gasteiger partial charge in [-0.1, -0.05) is 0 Å². The van der Waals surface area contributed by atoms with Crippen molar-refractivity contribution in [2.45, 2.75) is 44.1 Å². The third kappa shape index (κ3) is 3.99. The molecular formula is C21H26N4O3. The van der Waals surface area contributed by atoms with Crippen molar-refractivity contribution in [3.63, 3.8) is 0 Å². The zero-order chi connectivity index (χ0) is 19.5. The molecule has 1 aliphatic heterocycles. The second-order valence-electron chi connectivity index (χ2n) is 7.74. The first-order valence-corrected chi connectivity index (χ1v) is 9.97. The van der Waals surface area contributed by atoms with E-state index in [1.807, 2.05) is 17.0 Å². The molecule has 1 atom stereocenters. The zero-order valence-corrected chi connectivity index (χ0v) is 16.1. The van der Waals surface area contributed by atoms with Crippen molar-refractivity contribution < 1.29 is 9.53 Å². The molecule has 4 rings (SSSR count). The van der Waals surface area contributed by atoms with Crippen LogP contribution in [-0.4, -0.2) is 52.1 Å². The monoisotopic (exact) mass is 382 g/mol. The third-order valence-corrected chi connectivity index (χ3v) is 5.96. The molecule has 2 aromatic heterocycles. The number of nitrogens with one attached hydrogen (secondary N) is 1. The van der Waals surface area contributed by atoms with E-state index in [1.54, 1.807) is 19.5 Å². The van der Waals surface area contributed by atoms with Gasteiger partial charge in [0.2, 0.25) is 5.91 Å². The Balaban J connectivity index is 1.45. The van der Waals surface area contributed by atoms with Gasteiger partial charge in [-0.05, 0) is 44.2 Å². The van der Waals surface area contributed by atoms with Crippen molar-refractivity contribution in [3.8, 4) is 11.3 Å². The zero-order valence-electron chi connectivity index (χ0n) is 16.1. The third-order valence-electron chi connectivity index (χ3n) is 5.96. The van der Waals surface area contributed by atoms with Crippen molar-refractivity contribution >= 4 is 5.91 Å². The minimum absolute atomic E-state index is 0.0589. The average Bonchev–Trinajstić information content (AvgIpc) is 3.24. The molecule has 2 aliphatic rings. The van der Waals surface area contributed by atoms with E-state index in [1.165, 1.54) is 6.07 Å². The number of pyridine rings is 1. The molecule has 0 bridgehead atoms. The standard InChI is InChI=1S/C21H26N4O3/c1-28-17-6-4-14(5-7-17)21(27)25-10-8-16(13-25)20-23-18(11-19(26)24-20)15-3-2-9-22-12-15/h2-3,9,11-12,14,16-17H,4-8,10,13H2,1H3,(H,23,24,26). The summed E-state index contributed by atoms with van der Waals surface area (Å²) in [5.41, 5.74) is 1.26. The number of carbonyl (C=O) groups excluding carboxylic acids is 1. The van der Waals surface area contributed by atoms with Gasteiger partial charge in [0, 0.05) is 56.1 Å². The summed E-state index contributed by atoms with van der Waals surface area (Å²) in [6.45, 7) is 1.33. The highest BCUT2D eigenvalue weighted by Gasteiger charge is 2.34. The summed E-state index contributed by atoms with van der Waals surface area (Å²) < 4.78 is 5.41. The molecule has 1 N–H and O–H groups in total. The Morgan fingerprint density at radius 3 is 2.79 bits per heavy atom. The molecule has 3 heterocycles. The van der Waals surface area contributed by atoms with Gasteiger partial charge >= 0.3 is 0 Å². The second-order valence-corrected chi connectivity index (χ2v) is 7.74. The highest BCUT2D eigenvalue weighted by Crippen LogP contribution is 2.31. The lowest BCUT2D eigenvalue weighted by molar-refractivity contribution is -0.136. The molecular weight excluding hydrogens is 356 g/mol. The van der Waals surface area contributed by atoms with Crippen LogP contribution in [0.1, 0.15) is 43.8 Å². The maximum atomic E-state index is 12.9. The Kier molecular flexibility index (Phi) is 5.52. The minimum atomic E-state index is -0.175. The highest BCUT2D eigenvalue weighted by atomic mass is 16.5. The summed E-state index contributed by atoms with van der Waals surface area (Å²) in [5, 5.41) is 0. The fourth-order valence-corrected chi connectivity index (χ4v) is 4.32. The van der Waals surface area contributed by atoms with Crippen molar-refractivity contribution in [1.29, 1.82) is 0 Å². The molecule has 1 saturated heterocycles. The number of likely N-dealkylation sites (tertiary alicyclic amines) is 1. The van der Waals surface area contributed by atoms with Crippen molar-refractivity contribution in [2.75, 3.05) is 20.2 Å². The van der Waals surface area contributed by atoms with Crippen LogP contribution in [0.25, 0.3) is 11.3 Å². The van der Waals surface area contributed by atoms with Gasteiger partial charge in [0.1, 0.15) is 5.82 Å². The molecule has 28 heavy (non-hydrogen) atoms. The SMILES string of the molecule is COC1CCC(C(=O)N2CCC(c3nc(-c4cccnc4)cc(=O)[nH]3)C2)CC1. The summed E-state index contributed by atoms with van der Waals surface area (Å²) in [5.74, 6) is 1.05. The molecule has 7 heteroatoms. The summed E-state index contributed by atoms with van der Waals surface area (Å²) in [6.07, 6.45) is 8.19. The van der Waals surface area contributed by atoms with Gasteiger partial charge in [0.05, 0.1) is 11.8 Å². The van der Waals surface area contributed by atoms with Crippen LogP contribution in [0.3, 0.4) is 0 Å². The van der Waals surface area contributed by atoms with Gasteiger partial charge in [-0.15, -0.1) is 0 Å². The summed E-state index contributed by atoms with van der Waals surface area (Å²) >= 11 is 0. The number of H-pyrrole nitrogens is 1. The van der Waals surface area contributed by atoms with E-state index in [4.69, 9.17) is 4.74 Å². The number of nitrogens with zero attached hydrogens (tertiary/aromatic N) is 3. The number of ether oxygens (including phenoxy) is 1. The lowest BCUT2D eigenvalue weighted by Crippen LogP contribution is -2.37. The first-order chi connectivity index (χ1) is 13.6. The van der Waals surface area contributed by atoms with Crippen molar-refractivity contribution in [2.24, 2.45) is 5.92 Å². The van der Waals surface area contributed by atoms with Gasteiger partial charge in [0.25, 0.3) is 5.56 Å². The lowest BCUT2D eigenvalue weighted by atomic mass is 9.86. The van der Waals surface area contributed by atoms with Gasteiger partial charge in [-0.2, -0.15) is 0 Å². The van der Waals surface area contributed by atoms with Crippen molar-refractivity contribution in [3.05, 3.63) is 46.8 Å². The molecule has 1 saturated carbocycles. The molecule has 148 valence electrons. The topological polar surface area (TPSA) is 88.2 Å². The first-order valence-electron chi connectivity index (χ1n) is 9.97. The average molecular weight is 382 g/mol. The molecule has 0 radical (unpaired) electrons. The van der Waals surface area contributed by atoms with Gasteiger partial charge in [-0.3, -0.25) is 14.6 Å². The molecule has 2 aromatic rings. The lowest BCUT2D eigenvalue weighted by Gasteiger charge is -2.29. The predicted molar refractivity (Wildman–Crippen MR) is 105 cm³/mol. The maximum absolute atomic E-state index is 12.9. The smallest absolute Gasteiger partial charge is 0.251 e. The van der Waals surface area contributed by atoms with Gasteiger partial charge < -0.3 is 14.6 Å². The van der Waals surface area contributed by atoms with E-state index in [0.717, 1.165) is 37.7 Å². The van der Waals surface area contributed by atoms with E-state index in [-0.39, 0.29) is 23.3 Å². The molecule has 0 aromatic carbocycles. The van der Waals surface area contributed by atoms with Crippen LogP contribution < -0.4 is 5.56 Å². The van der Waals surface area contributed by atoms with Crippen LogP contribution >= 0.6 is 0 Å². The Hall–Kier alpha value is -2.54. The predicted octanol–water partition coefficient (Wildman–Crippen LogP) is 2.35. The molecule has 7 nitrogen and oxygen atoms in total. The fourth-order valence-electron chi connectivity index (χ4n) is 4.32. The van der Waals surface area contributed by atoms with Crippen LogP contribution in [0.4, 0.5) is 0 Å². The minimum Gasteiger partial charge on any atom is -0.381 e. The van der Waals surface area contributed by atoms with Crippen LogP contribution in [0.15, 0.2) is 35.4 Å². The number of amides is 1. The molecule has 2 fully saturated rings. The summed E-state index contributed by atoms with van der Waals surface area (Å²) in [7, 11) is 1.74. The summed E-state index contributed by atoms with van der Waals surface area (Å²) in [4.78, 5) is 38.6. The van der Waals surface area contributed by atoms with E-state index in [9.17, 15) is 9.59 Å². The number of methoxy groups -OCH3 is 1. The largest absolute Gasteiger partial charge is 0.381 e. The molecule has 0 spiro atoms. The van der Waals surface area contributed by atoms with E-state index >= 15 is 0 Å². The van der Waals surface area contributed by atoms with Crippen LogP contribution in [0.5, 0.6) is 0 Å². The van der Waals surface area contributed by atoms with Crippen molar-refractivity contribution in [1.82, 2.24) is 19.9 Å². The maximum Gasteiger partial charge on any atom is 0.251 e. The second kappa shape index (κ2) is 8.22.